The lowest BCUT2D eigenvalue weighted by Crippen LogP contribution is -2.30. The summed E-state index contributed by atoms with van der Waals surface area (Å²) in [7, 11) is 0. The Kier molecular flexibility index (Phi) is 3.32. The molecule has 4 N–H and O–H groups in total. The van der Waals surface area contributed by atoms with E-state index in [4.69, 9.17) is 10.8 Å². The van der Waals surface area contributed by atoms with Crippen LogP contribution in [0.2, 0.25) is 0 Å². The minimum atomic E-state index is -0.977. The van der Waals surface area contributed by atoms with Crippen molar-refractivity contribution in [3.8, 4) is 0 Å². The number of nitrogen functional groups attached to an aromatic ring is 1. The largest absolute Gasteiger partial charge is 0.478 e. The molecule has 3 rings (SSSR count). The number of carboxylic acids is 1. The Morgan fingerprint density at radius 3 is 2.75 bits per heavy atom. The molecule has 2 fully saturated rings. The highest BCUT2D eigenvalue weighted by molar-refractivity contribution is 5.94. The van der Waals surface area contributed by atoms with Crippen LogP contribution in [-0.4, -0.2) is 17.1 Å². The molecule has 0 heterocycles. The Balaban J connectivity index is 1.68. The molecule has 2 aliphatic carbocycles. The van der Waals surface area contributed by atoms with Crippen LogP contribution in [0.3, 0.4) is 0 Å². The van der Waals surface area contributed by atoms with Crippen LogP contribution >= 0.6 is 0 Å². The molecule has 108 valence electrons. The fraction of sp³-hybridized carbons (Fsp3) is 0.562. The number of carboxylic acid groups (broad SMARTS) is 1. The number of hydrogen-bond donors (Lipinski definition) is 3. The highest BCUT2D eigenvalue weighted by atomic mass is 16.4. The Morgan fingerprint density at radius 1 is 1.40 bits per heavy atom. The third-order valence-electron chi connectivity index (χ3n) is 5.11. The van der Waals surface area contributed by atoms with Gasteiger partial charge in [-0.3, -0.25) is 0 Å². The first-order chi connectivity index (χ1) is 9.54. The monoisotopic (exact) mass is 274 g/mol. The van der Waals surface area contributed by atoms with Crippen molar-refractivity contribution in [3.63, 3.8) is 0 Å². The van der Waals surface area contributed by atoms with Gasteiger partial charge in [-0.25, -0.2) is 4.79 Å². The number of carbonyl (C=O) groups is 1. The van der Waals surface area contributed by atoms with Gasteiger partial charge < -0.3 is 16.2 Å². The van der Waals surface area contributed by atoms with Crippen LogP contribution in [0.4, 0.5) is 11.4 Å². The number of fused-ring (bicyclic) bond motifs is 2. The second-order valence-electron chi connectivity index (χ2n) is 6.38. The van der Waals surface area contributed by atoms with Crippen LogP contribution in [0.5, 0.6) is 0 Å². The van der Waals surface area contributed by atoms with Crippen molar-refractivity contribution < 1.29 is 9.90 Å². The molecule has 20 heavy (non-hydrogen) atoms. The lowest BCUT2D eigenvalue weighted by atomic mass is 9.84. The topological polar surface area (TPSA) is 75.3 Å². The van der Waals surface area contributed by atoms with Crippen molar-refractivity contribution in [2.45, 2.75) is 38.6 Å². The number of nitrogens with two attached hydrogens (primary N) is 1. The first kappa shape index (κ1) is 13.3. The fourth-order valence-corrected chi connectivity index (χ4v) is 4.12. The van der Waals surface area contributed by atoms with Gasteiger partial charge >= 0.3 is 5.97 Å². The van der Waals surface area contributed by atoms with Crippen molar-refractivity contribution >= 4 is 17.3 Å². The third kappa shape index (κ3) is 2.35. The maximum atomic E-state index is 11.0. The van der Waals surface area contributed by atoms with Gasteiger partial charge in [-0.2, -0.15) is 0 Å². The predicted octanol–water partition coefficient (Wildman–Crippen LogP) is 3.20. The van der Waals surface area contributed by atoms with Crippen molar-refractivity contribution in [2.75, 3.05) is 11.1 Å². The molecule has 0 aromatic heterocycles. The van der Waals surface area contributed by atoms with Crippen LogP contribution in [0, 0.1) is 17.8 Å². The Labute approximate surface area is 119 Å². The van der Waals surface area contributed by atoms with Crippen molar-refractivity contribution in [3.05, 3.63) is 23.8 Å². The molecule has 0 amide bonds. The van der Waals surface area contributed by atoms with Gasteiger partial charge in [0, 0.05) is 17.4 Å². The molecular formula is C16H22N2O2. The molecule has 4 heteroatoms. The number of nitrogens with one attached hydrogen (secondary N) is 1. The van der Waals surface area contributed by atoms with E-state index in [0.717, 1.165) is 23.4 Å². The Hall–Kier alpha value is -1.71. The van der Waals surface area contributed by atoms with E-state index in [0.29, 0.717) is 11.7 Å². The zero-order valence-electron chi connectivity index (χ0n) is 11.8. The van der Waals surface area contributed by atoms with Crippen LogP contribution in [-0.2, 0) is 0 Å². The molecule has 2 aliphatic rings. The smallest absolute Gasteiger partial charge is 0.337 e. The molecule has 0 spiro atoms. The van der Waals surface area contributed by atoms with E-state index in [1.54, 1.807) is 12.1 Å². The van der Waals surface area contributed by atoms with E-state index < -0.39 is 5.97 Å². The zero-order valence-corrected chi connectivity index (χ0v) is 11.8. The first-order valence-electron chi connectivity index (χ1n) is 7.44. The second kappa shape index (κ2) is 5.00. The van der Waals surface area contributed by atoms with Crippen LogP contribution < -0.4 is 11.1 Å². The van der Waals surface area contributed by atoms with Crippen LogP contribution in [0.1, 0.15) is 43.0 Å². The Morgan fingerprint density at radius 2 is 2.20 bits per heavy atom. The normalized spacial score (nSPS) is 29.4. The molecule has 0 saturated heterocycles. The SMILES string of the molecule is CC(Nc1ccc(C(=O)O)c(N)c1)C1CC2CCC1C2. The van der Waals surface area contributed by atoms with Gasteiger partial charge in [0.25, 0.3) is 0 Å². The molecule has 1 aromatic carbocycles. The summed E-state index contributed by atoms with van der Waals surface area (Å²) in [5, 5.41) is 12.5. The number of benzene rings is 1. The molecular weight excluding hydrogens is 252 g/mol. The van der Waals surface area contributed by atoms with Gasteiger partial charge in [-0.05, 0) is 62.1 Å². The summed E-state index contributed by atoms with van der Waals surface area (Å²) in [6.07, 6.45) is 5.52. The van der Waals surface area contributed by atoms with Gasteiger partial charge in [0.15, 0.2) is 0 Å². The van der Waals surface area contributed by atoms with E-state index in [9.17, 15) is 4.79 Å². The van der Waals surface area contributed by atoms with Gasteiger partial charge in [0.1, 0.15) is 0 Å². The minimum absolute atomic E-state index is 0.170. The summed E-state index contributed by atoms with van der Waals surface area (Å²) in [5.41, 5.74) is 7.20. The van der Waals surface area contributed by atoms with E-state index >= 15 is 0 Å². The summed E-state index contributed by atoms with van der Waals surface area (Å²) < 4.78 is 0. The van der Waals surface area contributed by atoms with Gasteiger partial charge in [0.05, 0.1) is 5.56 Å². The average molecular weight is 274 g/mol. The molecule has 4 nitrogen and oxygen atoms in total. The predicted molar refractivity (Wildman–Crippen MR) is 79.8 cm³/mol. The highest BCUT2D eigenvalue weighted by Gasteiger charge is 2.41. The summed E-state index contributed by atoms with van der Waals surface area (Å²) in [6.45, 7) is 2.23. The molecule has 2 bridgehead atoms. The summed E-state index contributed by atoms with van der Waals surface area (Å²) in [6, 6.07) is 5.53. The zero-order chi connectivity index (χ0) is 14.3. The molecule has 0 aliphatic heterocycles. The maximum absolute atomic E-state index is 11.0. The number of aromatic carboxylic acids is 1. The van der Waals surface area contributed by atoms with E-state index in [-0.39, 0.29) is 5.56 Å². The number of anilines is 2. The quantitative estimate of drug-likeness (QED) is 0.737. The molecule has 4 unspecified atom stereocenters. The van der Waals surface area contributed by atoms with E-state index in [1.165, 1.54) is 25.7 Å². The molecule has 0 radical (unpaired) electrons. The highest BCUT2D eigenvalue weighted by Crippen LogP contribution is 2.49. The second-order valence-corrected chi connectivity index (χ2v) is 6.38. The molecule has 2 saturated carbocycles. The minimum Gasteiger partial charge on any atom is -0.478 e. The van der Waals surface area contributed by atoms with Gasteiger partial charge in [-0.1, -0.05) is 6.42 Å². The lowest BCUT2D eigenvalue weighted by molar-refractivity contribution is 0.0698. The Bertz CT molecular complexity index is 529. The van der Waals surface area contributed by atoms with Gasteiger partial charge in [-0.15, -0.1) is 0 Å². The molecule has 1 aromatic rings. The third-order valence-corrected chi connectivity index (χ3v) is 5.11. The summed E-state index contributed by atoms with van der Waals surface area (Å²) in [5.74, 6) is 1.58. The summed E-state index contributed by atoms with van der Waals surface area (Å²) >= 11 is 0. The standard InChI is InChI=1S/C16H22N2O2/c1-9(14-7-10-2-3-11(14)6-10)18-12-4-5-13(16(19)20)15(17)8-12/h4-5,8-11,14,18H,2-3,6-7,17H2,1H3,(H,19,20). The summed E-state index contributed by atoms with van der Waals surface area (Å²) in [4.78, 5) is 11.0. The van der Waals surface area contributed by atoms with Crippen molar-refractivity contribution in [1.82, 2.24) is 0 Å². The fourth-order valence-electron chi connectivity index (χ4n) is 4.12. The van der Waals surface area contributed by atoms with Crippen LogP contribution in [0.15, 0.2) is 18.2 Å². The number of rotatable bonds is 4. The first-order valence-corrected chi connectivity index (χ1v) is 7.44. The van der Waals surface area contributed by atoms with Gasteiger partial charge in [0.2, 0.25) is 0 Å². The lowest BCUT2D eigenvalue weighted by Gasteiger charge is -2.29. The average Bonchev–Trinajstić information content (AvgIpc) is 3.00. The van der Waals surface area contributed by atoms with E-state index in [1.807, 2.05) is 6.07 Å². The van der Waals surface area contributed by atoms with E-state index in [2.05, 4.69) is 12.2 Å². The van der Waals surface area contributed by atoms with Crippen molar-refractivity contribution in [1.29, 1.82) is 0 Å². The number of hydrogen-bond acceptors (Lipinski definition) is 3. The van der Waals surface area contributed by atoms with Crippen LogP contribution in [0.25, 0.3) is 0 Å². The maximum Gasteiger partial charge on any atom is 0.337 e. The van der Waals surface area contributed by atoms with Crippen molar-refractivity contribution in [2.24, 2.45) is 17.8 Å². The molecule has 4 atom stereocenters.